The first-order chi connectivity index (χ1) is 18.9. The van der Waals surface area contributed by atoms with Crippen molar-refractivity contribution in [3.8, 4) is 5.75 Å². The van der Waals surface area contributed by atoms with Crippen LogP contribution in [0.1, 0.15) is 90.1 Å². The van der Waals surface area contributed by atoms with Crippen LogP contribution in [0.15, 0.2) is 30.5 Å². The number of aromatic nitrogens is 1. The van der Waals surface area contributed by atoms with Crippen LogP contribution < -0.4 is 15.8 Å². The van der Waals surface area contributed by atoms with Crippen LogP contribution >= 0.6 is 0 Å². The SMILES string of the molecule is CNC(=O)c1cc(C(N)=O)c(C)cc1O[C@H](CN1CCN(C(=O)OC(C)(C)C)[C@H](C)C1)c1ccc(C2CC2)cn1. The van der Waals surface area contributed by atoms with Gasteiger partial charge in [-0.25, -0.2) is 4.79 Å². The molecule has 2 aromatic rings. The summed E-state index contributed by atoms with van der Waals surface area (Å²) < 4.78 is 12.1. The van der Waals surface area contributed by atoms with Crippen molar-refractivity contribution in [3.05, 3.63) is 58.4 Å². The lowest BCUT2D eigenvalue weighted by atomic mass is 10.0. The van der Waals surface area contributed by atoms with Crippen LogP contribution in [0.2, 0.25) is 0 Å². The fraction of sp³-hybridized carbons (Fsp3) is 0.533. The predicted molar refractivity (Wildman–Crippen MR) is 152 cm³/mol. The average Bonchev–Trinajstić information content (AvgIpc) is 3.72. The third-order valence-electron chi connectivity index (χ3n) is 7.28. The predicted octanol–water partition coefficient (Wildman–Crippen LogP) is 3.79. The molecule has 216 valence electrons. The Hall–Kier alpha value is -3.66. The van der Waals surface area contributed by atoms with Gasteiger partial charge in [-0.2, -0.15) is 0 Å². The first-order valence-electron chi connectivity index (χ1n) is 13.9. The molecule has 0 unspecified atom stereocenters. The lowest BCUT2D eigenvalue weighted by molar-refractivity contribution is -0.00317. The van der Waals surface area contributed by atoms with E-state index in [1.165, 1.54) is 31.5 Å². The van der Waals surface area contributed by atoms with E-state index in [4.69, 9.17) is 20.2 Å². The topological polar surface area (TPSA) is 127 Å². The van der Waals surface area contributed by atoms with Crippen molar-refractivity contribution in [1.29, 1.82) is 0 Å². The van der Waals surface area contributed by atoms with Gasteiger partial charge in [0, 0.05) is 51.0 Å². The normalized spacial score (nSPS) is 18.6. The van der Waals surface area contributed by atoms with Gasteiger partial charge >= 0.3 is 6.09 Å². The zero-order valence-electron chi connectivity index (χ0n) is 24.3. The van der Waals surface area contributed by atoms with Gasteiger partial charge in [0.2, 0.25) is 5.91 Å². The zero-order valence-corrected chi connectivity index (χ0v) is 24.3. The van der Waals surface area contributed by atoms with Crippen molar-refractivity contribution in [2.45, 2.75) is 71.1 Å². The van der Waals surface area contributed by atoms with Crippen LogP contribution in [0.3, 0.4) is 0 Å². The van der Waals surface area contributed by atoms with Gasteiger partial charge in [0.1, 0.15) is 11.4 Å². The fourth-order valence-corrected chi connectivity index (χ4v) is 4.99. The first kappa shape index (κ1) is 29.3. The molecule has 1 aliphatic heterocycles. The molecule has 2 aliphatic rings. The third kappa shape index (κ3) is 7.10. The number of nitrogens with two attached hydrogens (primary N) is 1. The second-order valence-electron chi connectivity index (χ2n) is 11.8. The Morgan fingerprint density at radius 1 is 1.15 bits per heavy atom. The molecule has 2 heterocycles. The molecule has 0 spiro atoms. The number of piperazine rings is 1. The fourth-order valence-electron chi connectivity index (χ4n) is 4.99. The van der Waals surface area contributed by atoms with Gasteiger partial charge in [0.05, 0.1) is 11.3 Å². The van der Waals surface area contributed by atoms with Crippen LogP contribution in [0, 0.1) is 6.92 Å². The van der Waals surface area contributed by atoms with E-state index in [1.54, 1.807) is 17.9 Å². The highest BCUT2D eigenvalue weighted by molar-refractivity contribution is 6.01. The quantitative estimate of drug-likeness (QED) is 0.511. The van der Waals surface area contributed by atoms with Crippen molar-refractivity contribution >= 4 is 17.9 Å². The third-order valence-corrected chi connectivity index (χ3v) is 7.28. The van der Waals surface area contributed by atoms with Crippen molar-refractivity contribution in [2.24, 2.45) is 5.73 Å². The van der Waals surface area contributed by atoms with Crippen molar-refractivity contribution in [3.63, 3.8) is 0 Å². The molecule has 4 rings (SSSR count). The summed E-state index contributed by atoms with van der Waals surface area (Å²) in [5, 5.41) is 2.62. The number of pyridine rings is 1. The van der Waals surface area contributed by atoms with Crippen molar-refractivity contribution in [1.82, 2.24) is 20.1 Å². The summed E-state index contributed by atoms with van der Waals surface area (Å²) in [5.41, 5.74) is 8.06. The molecule has 2 atom stereocenters. The number of carbonyl (C=O) groups is 3. The zero-order chi connectivity index (χ0) is 29.2. The monoisotopic (exact) mass is 551 g/mol. The molecule has 40 heavy (non-hydrogen) atoms. The summed E-state index contributed by atoms with van der Waals surface area (Å²) in [7, 11) is 1.52. The maximum Gasteiger partial charge on any atom is 0.410 e. The first-order valence-corrected chi connectivity index (χ1v) is 13.9. The Balaban J connectivity index is 1.59. The van der Waals surface area contributed by atoms with Gasteiger partial charge in [0.25, 0.3) is 5.91 Å². The number of nitrogens with one attached hydrogen (secondary N) is 1. The van der Waals surface area contributed by atoms with Gasteiger partial charge in [0.15, 0.2) is 6.10 Å². The Morgan fingerprint density at radius 3 is 2.42 bits per heavy atom. The van der Waals surface area contributed by atoms with Gasteiger partial charge in [-0.3, -0.25) is 19.5 Å². The van der Waals surface area contributed by atoms with Gasteiger partial charge < -0.3 is 25.4 Å². The molecule has 1 aromatic carbocycles. The van der Waals surface area contributed by atoms with Crippen LogP contribution in [-0.2, 0) is 4.74 Å². The highest BCUT2D eigenvalue weighted by atomic mass is 16.6. The number of primary amides is 1. The highest BCUT2D eigenvalue weighted by Gasteiger charge is 2.33. The lowest BCUT2D eigenvalue weighted by Gasteiger charge is -2.41. The van der Waals surface area contributed by atoms with Gasteiger partial charge in [-0.1, -0.05) is 6.07 Å². The van der Waals surface area contributed by atoms with E-state index < -0.39 is 17.6 Å². The Bertz CT molecular complexity index is 1250. The molecule has 0 radical (unpaired) electrons. The molecule has 2 fully saturated rings. The van der Waals surface area contributed by atoms with Gasteiger partial charge in [-0.05, 0) is 82.7 Å². The number of aryl methyl sites for hydroxylation is 1. The van der Waals surface area contributed by atoms with Crippen molar-refractivity contribution in [2.75, 3.05) is 33.2 Å². The number of hydrogen-bond acceptors (Lipinski definition) is 7. The van der Waals surface area contributed by atoms with E-state index in [0.717, 1.165) is 5.69 Å². The maximum absolute atomic E-state index is 12.8. The Labute approximate surface area is 236 Å². The van der Waals surface area contributed by atoms with Crippen LogP contribution in [0.4, 0.5) is 4.79 Å². The number of hydrogen-bond donors (Lipinski definition) is 2. The molecule has 10 nitrogen and oxygen atoms in total. The van der Waals surface area contributed by atoms with E-state index in [2.05, 4.69) is 16.3 Å². The second kappa shape index (κ2) is 11.8. The number of carbonyl (C=O) groups excluding carboxylic acids is 3. The van der Waals surface area contributed by atoms with E-state index in [1.807, 2.05) is 40.0 Å². The molecule has 1 aliphatic carbocycles. The summed E-state index contributed by atoms with van der Waals surface area (Å²) in [6.07, 6.45) is 3.46. The molecular weight excluding hydrogens is 510 g/mol. The average molecular weight is 552 g/mol. The van der Waals surface area contributed by atoms with Gasteiger partial charge in [-0.15, -0.1) is 0 Å². The minimum atomic E-state index is -0.611. The van der Waals surface area contributed by atoms with E-state index >= 15 is 0 Å². The van der Waals surface area contributed by atoms with E-state index in [9.17, 15) is 14.4 Å². The summed E-state index contributed by atoms with van der Waals surface area (Å²) in [4.78, 5) is 46.2. The minimum Gasteiger partial charge on any atom is -0.482 e. The number of amides is 3. The highest BCUT2D eigenvalue weighted by Crippen LogP contribution is 2.40. The molecule has 3 amide bonds. The second-order valence-corrected chi connectivity index (χ2v) is 11.8. The number of nitrogens with zero attached hydrogens (tertiary/aromatic N) is 3. The summed E-state index contributed by atoms with van der Waals surface area (Å²) >= 11 is 0. The van der Waals surface area contributed by atoms with Crippen LogP contribution in [0.5, 0.6) is 5.75 Å². The number of rotatable bonds is 8. The lowest BCUT2D eigenvalue weighted by Crippen LogP contribution is -2.55. The van der Waals surface area contributed by atoms with E-state index in [0.29, 0.717) is 43.4 Å². The number of ether oxygens (including phenoxy) is 2. The molecule has 1 saturated heterocycles. The largest absolute Gasteiger partial charge is 0.482 e. The standard InChI is InChI=1S/C30H41N5O5/c1-18-13-25(23(28(37)32-6)14-22(18)27(31)36)39-26(24-10-9-21(15-33-24)20-7-8-20)17-34-11-12-35(19(2)16-34)29(38)40-30(3,4)5/h9-10,13-15,19-20,26H,7-8,11-12,16-17H2,1-6H3,(H2,31,36)(H,32,37)/t19-,26-/m1/s1. The minimum absolute atomic E-state index is 0.0621. The molecule has 10 heteroatoms. The van der Waals surface area contributed by atoms with Crippen molar-refractivity contribution < 1.29 is 23.9 Å². The summed E-state index contributed by atoms with van der Waals surface area (Å²) in [5.74, 6) is -0.0697. The van der Waals surface area contributed by atoms with Crippen LogP contribution in [-0.4, -0.2) is 77.6 Å². The number of benzene rings is 1. The van der Waals surface area contributed by atoms with Crippen LogP contribution in [0.25, 0.3) is 0 Å². The molecular formula is C30H41N5O5. The smallest absolute Gasteiger partial charge is 0.410 e. The van der Waals surface area contributed by atoms with E-state index in [-0.39, 0.29) is 29.2 Å². The molecule has 1 saturated carbocycles. The molecule has 0 bridgehead atoms. The molecule has 3 N–H and O–H groups in total. The Morgan fingerprint density at radius 2 is 1.88 bits per heavy atom. The summed E-state index contributed by atoms with van der Waals surface area (Å²) in [6.45, 7) is 11.6. The molecule has 1 aromatic heterocycles. The Kier molecular flexibility index (Phi) is 8.68. The maximum atomic E-state index is 12.8. The summed E-state index contributed by atoms with van der Waals surface area (Å²) in [6, 6.07) is 7.18.